The predicted molar refractivity (Wildman–Crippen MR) is 71.6 cm³/mol. The molecule has 1 aliphatic carbocycles. The first-order chi connectivity index (χ1) is 9.03. The molecule has 5 nitrogen and oxygen atoms in total. The molecule has 0 spiro atoms. The highest BCUT2D eigenvalue weighted by Gasteiger charge is 2.51. The van der Waals surface area contributed by atoms with Gasteiger partial charge in [-0.05, 0) is 39.0 Å². The fourth-order valence-corrected chi connectivity index (χ4v) is 2.65. The Hall–Kier alpha value is -1.10. The van der Waals surface area contributed by atoms with Crippen LogP contribution in [-0.4, -0.2) is 48.1 Å². The number of hydrogen-bond donors (Lipinski definition) is 1. The summed E-state index contributed by atoms with van der Waals surface area (Å²) in [4.78, 5) is 26.7. The number of rotatable bonds is 6. The summed E-state index contributed by atoms with van der Waals surface area (Å²) in [6.45, 7) is 7.31. The van der Waals surface area contributed by atoms with E-state index in [1.165, 1.54) is 0 Å². The van der Waals surface area contributed by atoms with Crippen LogP contribution in [0.1, 0.15) is 40.0 Å². The first-order valence-corrected chi connectivity index (χ1v) is 7.24. The molecule has 2 fully saturated rings. The number of piperazine rings is 1. The summed E-state index contributed by atoms with van der Waals surface area (Å²) < 4.78 is 5.34. The third kappa shape index (κ3) is 2.76. The highest BCUT2D eigenvalue weighted by Crippen LogP contribution is 2.38. The molecule has 0 aromatic rings. The lowest BCUT2D eigenvalue weighted by molar-refractivity contribution is -0.156. The Bertz CT molecular complexity index is 368. The average molecular weight is 268 g/mol. The number of amides is 2. The van der Waals surface area contributed by atoms with Gasteiger partial charge in [0, 0.05) is 13.2 Å². The van der Waals surface area contributed by atoms with Gasteiger partial charge in [-0.3, -0.25) is 9.59 Å². The van der Waals surface area contributed by atoms with Crippen molar-refractivity contribution in [1.82, 2.24) is 10.2 Å². The van der Waals surface area contributed by atoms with Gasteiger partial charge in [0.1, 0.15) is 11.6 Å². The minimum atomic E-state index is -0.755. The van der Waals surface area contributed by atoms with Crippen molar-refractivity contribution in [3.63, 3.8) is 0 Å². The lowest BCUT2D eigenvalue weighted by atomic mass is 9.90. The lowest BCUT2D eigenvalue weighted by Crippen LogP contribution is -2.69. The van der Waals surface area contributed by atoms with E-state index in [1.807, 2.05) is 20.8 Å². The van der Waals surface area contributed by atoms with Gasteiger partial charge in [-0.1, -0.05) is 6.92 Å². The van der Waals surface area contributed by atoms with E-state index in [-0.39, 0.29) is 17.9 Å². The molecule has 0 bridgehead atoms. The van der Waals surface area contributed by atoms with Crippen molar-refractivity contribution in [2.24, 2.45) is 5.92 Å². The van der Waals surface area contributed by atoms with E-state index in [0.29, 0.717) is 32.1 Å². The van der Waals surface area contributed by atoms with Crippen LogP contribution in [0.4, 0.5) is 0 Å². The molecule has 1 saturated heterocycles. The van der Waals surface area contributed by atoms with Gasteiger partial charge in [-0.2, -0.15) is 0 Å². The molecule has 0 aromatic carbocycles. The number of ether oxygens (including phenoxy) is 1. The van der Waals surface area contributed by atoms with E-state index in [0.717, 1.165) is 12.8 Å². The Labute approximate surface area is 114 Å². The smallest absolute Gasteiger partial charge is 0.248 e. The molecule has 0 aromatic heterocycles. The molecule has 2 aliphatic rings. The van der Waals surface area contributed by atoms with Gasteiger partial charge in [0.15, 0.2) is 0 Å². The minimum Gasteiger partial charge on any atom is -0.380 e. The quantitative estimate of drug-likeness (QED) is 0.729. The summed E-state index contributed by atoms with van der Waals surface area (Å²) in [5, 5.41) is 2.91. The molecule has 2 atom stereocenters. The number of nitrogens with one attached hydrogen (secondary N) is 1. The van der Waals surface area contributed by atoms with Gasteiger partial charge in [0.2, 0.25) is 11.8 Å². The molecule has 108 valence electrons. The number of hydrogen-bond acceptors (Lipinski definition) is 3. The van der Waals surface area contributed by atoms with E-state index in [4.69, 9.17) is 4.74 Å². The Morgan fingerprint density at radius 3 is 2.58 bits per heavy atom. The maximum absolute atomic E-state index is 12.6. The lowest BCUT2D eigenvalue weighted by Gasteiger charge is -2.44. The Morgan fingerprint density at radius 1 is 1.37 bits per heavy atom. The molecule has 1 N–H and O–H groups in total. The highest BCUT2D eigenvalue weighted by atomic mass is 16.5. The van der Waals surface area contributed by atoms with Crippen molar-refractivity contribution in [3.8, 4) is 0 Å². The number of carbonyl (C=O) groups is 2. The highest BCUT2D eigenvalue weighted by molar-refractivity contribution is 5.99. The van der Waals surface area contributed by atoms with Crippen molar-refractivity contribution >= 4 is 11.8 Å². The van der Waals surface area contributed by atoms with Crippen molar-refractivity contribution in [2.75, 3.05) is 19.8 Å². The second-order valence-corrected chi connectivity index (χ2v) is 5.65. The summed E-state index contributed by atoms with van der Waals surface area (Å²) in [5.74, 6) is 0.376. The summed E-state index contributed by atoms with van der Waals surface area (Å²) >= 11 is 0. The van der Waals surface area contributed by atoms with Crippen LogP contribution < -0.4 is 5.32 Å². The molecule has 1 saturated carbocycles. The van der Waals surface area contributed by atoms with Crippen LogP contribution in [0.25, 0.3) is 0 Å². The second-order valence-electron chi connectivity index (χ2n) is 5.65. The SMILES string of the molecule is CCOCCN1C(=O)C(C)(CC)NC(=O)C1C1CC1. The molecule has 1 heterocycles. The summed E-state index contributed by atoms with van der Waals surface area (Å²) in [6.07, 6.45) is 2.69. The van der Waals surface area contributed by atoms with Crippen molar-refractivity contribution in [1.29, 1.82) is 0 Å². The summed E-state index contributed by atoms with van der Waals surface area (Å²) in [5.41, 5.74) is -0.755. The Morgan fingerprint density at radius 2 is 2.05 bits per heavy atom. The van der Waals surface area contributed by atoms with Crippen molar-refractivity contribution in [3.05, 3.63) is 0 Å². The first kappa shape index (κ1) is 14.3. The fourth-order valence-electron chi connectivity index (χ4n) is 2.65. The standard InChI is InChI=1S/C14H24N2O3/c1-4-14(3)13(18)16(8-9-19-5-2)11(10-6-7-10)12(17)15-14/h10-11H,4-9H2,1-3H3,(H,15,17). The van der Waals surface area contributed by atoms with Crippen molar-refractivity contribution < 1.29 is 14.3 Å². The Kier molecular flexibility index (Phi) is 4.13. The molecule has 2 rings (SSSR count). The first-order valence-electron chi connectivity index (χ1n) is 7.24. The second kappa shape index (κ2) is 5.49. The van der Waals surface area contributed by atoms with E-state index in [9.17, 15) is 9.59 Å². The average Bonchev–Trinajstić information content (AvgIpc) is 3.20. The van der Waals surface area contributed by atoms with Crippen LogP contribution in [0.3, 0.4) is 0 Å². The molecule has 2 amide bonds. The predicted octanol–water partition coefficient (Wildman–Crippen LogP) is 0.929. The Balaban J connectivity index is 2.14. The maximum atomic E-state index is 12.6. The monoisotopic (exact) mass is 268 g/mol. The van der Waals surface area contributed by atoms with E-state index in [2.05, 4.69) is 5.32 Å². The zero-order valence-electron chi connectivity index (χ0n) is 12.1. The zero-order chi connectivity index (χ0) is 14.0. The summed E-state index contributed by atoms with van der Waals surface area (Å²) in [7, 11) is 0. The van der Waals surface area contributed by atoms with Crippen LogP contribution >= 0.6 is 0 Å². The van der Waals surface area contributed by atoms with E-state index >= 15 is 0 Å². The van der Waals surface area contributed by atoms with E-state index in [1.54, 1.807) is 4.90 Å². The van der Waals surface area contributed by atoms with Gasteiger partial charge < -0.3 is 15.0 Å². The third-order valence-electron chi connectivity index (χ3n) is 4.19. The fraction of sp³-hybridized carbons (Fsp3) is 0.857. The molecule has 5 heteroatoms. The van der Waals surface area contributed by atoms with Gasteiger partial charge >= 0.3 is 0 Å². The maximum Gasteiger partial charge on any atom is 0.248 e. The zero-order valence-corrected chi connectivity index (χ0v) is 12.1. The summed E-state index contributed by atoms with van der Waals surface area (Å²) in [6, 6.07) is -0.285. The third-order valence-corrected chi connectivity index (χ3v) is 4.19. The van der Waals surface area contributed by atoms with Crippen LogP contribution in [0.5, 0.6) is 0 Å². The van der Waals surface area contributed by atoms with Gasteiger partial charge in [0.25, 0.3) is 0 Å². The largest absolute Gasteiger partial charge is 0.380 e. The van der Waals surface area contributed by atoms with Crippen LogP contribution in [-0.2, 0) is 14.3 Å². The van der Waals surface area contributed by atoms with Crippen molar-refractivity contribution in [2.45, 2.75) is 51.6 Å². The number of carbonyl (C=O) groups excluding carboxylic acids is 2. The molecule has 0 radical (unpaired) electrons. The van der Waals surface area contributed by atoms with Crippen LogP contribution in [0, 0.1) is 5.92 Å². The molecular formula is C14H24N2O3. The normalized spacial score (nSPS) is 31.5. The topological polar surface area (TPSA) is 58.6 Å². The minimum absolute atomic E-state index is 0.00273. The molecule has 2 unspecified atom stereocenters. The molecule has 19 heavy (non-hydrogen) atoms. The van der Waals surface area contributed by atoms with Crippen LogP contribution in [0.15, 0.2) is 0 Å². The van der Waals surface area contributed by atoms with Gasteiger partial charge in [0.05, 0.1) is 6.61 Å². The van der Waals surface area contributed by atoms with Gasteiger partial charge in [-0.25, -0.2) is 0 Å². The number of nitrogens with zero attached hydrogens (tertiary/aromatic N) is 1. The van der Waals surface area contributed by atoms with Crippen LogP contribution in [0.2, 0.25) is 0 Å². The van der Waals surface area contributed by atoms with E-state index < -0.39 is 5.54 Å². The molecule has 1 aliphatic heterocycles. The molecular weight excluding hydrogens is 244 g/mol. The van der Waals surface area contributed by atoms with Gasteiger partial charge in [-0.15, -0.1) is 0 Å².